The maximum Gasteiger partial charge on any atom is 0.170 e. The molecule has 1 aromatic rings. The maximum atomic E-state index is 12.3. The number of ether oxygens (including phenoxy) is 1. The van der Waals surface area contributed by atoms with Gasteiger partial charge in [-0.15, -0.1) is 0 Å². The van der Waals surface area contributed by atoms with Crippen molar-refractivity contribution in [3.05, 3.63) is 29.8 Å². The quantitative estimate of drug-likeness (QED) is 0.726. The molecule has 1 aromatic carbocycles. The number of carbonyl (C=O) groups excluding carboxylic acids is 1. The highest BCUT2D eigenvalue weighted by Gasteiger charge is 2.56. The molecule has 84 valence electrons. The predicted molar refractivity (Wildman–Crippen MR) is 61.6 cm³/mol. The molecule has 0 amide bonds. The number of benzene rings is 1. The van der Waals surface area contributed by atoms with E-state index in [1.807, 2.05) is 24.3 Å². The summed E-state index contributed by atoms with van der Waals surface area (Å²) in [6, 6.07) is 7.57. The number of carbonyl (C=O) groups is 1. The molecule has 2 fully saturated rings. The highest BCUT2D eigenvalue weighted by atomic mass is 16.5. The van der Waals surface area contributed by atoms with E-state index in [1.165, 1.54) is 19.3 Å². The van der Waals surface area contributed by atoms with Crippen LogP contribution in [-0.4, -0.2) is 12.9 Å². The van der Waals surface area contributed by atoms with Gasteiger partial charge in [0.15, 0.2) is 5.78 Å². The Morgan fingerprint density at radius 3 is 2.62 bits per heavy atom. The summed E-state index contributed by atoms with van der Waals surface area (Å²) in [4.78, 5) is 12.3. The molecule has 16 heavy (non-hydrogen) atoms. The first-order valence-electron chi connectivity index (χ1n) is 6.00. The number of rotatable bonds is 3. The average Bonchev–Trinajstić information content (AvgIpc) is 2.81. The van der Waals surface area contributed by atoms with Crippen LogP contribution in [0.5, 0.6) is 5.75 Å². The topological polar surface area (TPSA) is 26.3 Å². The SMILES string of the molecule is COc1ccccc1C(=O)C1C2CCCC21. The number of Topliss-reactive ketones (excluding diaryl/α,β-unsaturated/α-hetero) is 1. The lowest BCUT2D eigenvalue weighted by Crippen LogP contribution is -2.07. The van der Waals surface area contributed by atoms with Gasteiger partial charge in [0.1, 0.15) is 5.75 Å². The van der Waals surface area contributed by atoms with E-state index in [9.17, 15) is 4.79 Å². The van der Waals surface area contributed by atoms with Crippen LogP contribution in [0, 0.1) is 17.8 Å². The minimum absolute atomic E-state index is 0.296. The Kier molecular flexibility index (Phi) is 2.23. The van der Waals surface area contributed by atoms with E-state index in [-0.39, 0.29) is 0 Å². The first-order chi connectivity index (χ1) is 7.83. The lowest BCUT2D eigenvalue weighted by Gasteiger charge is -2.08. The lowest BCUT2D eigenvalue weighted by atomic mass is 10.0. The van der Waals surface area contributed by atoms with Crippen LogP contribution < -0.4 is 4.74 Å². The fourth-order valence-corrected chi connectivity index (χ4v) is 3.24. The highest BCUT2D eigenvalue weighted by Crippen LogP contribution is 2.58. The van der Waals surface area contributed by atoms with Gasteiger partial charge in [-0.25, -0.2) is 0 Å². The third-order valence-electron chi connectivity index (χ3n) is 4.08. The predicted octanol–water partition coefficient (Wildman–Crippen LogP) is 2.92. The standard InChI is InChI=1S/C14H16O2/c1-16-12-8-3-2-5-11(12)14(15)13-9-6-4-7-10(9)13/h2-3,5,8-10,13H,4,6-7H2,1H3. The van der Waals surface area contributed by atoms with Gasteiger partial charge in [-0.2, -0.15) is 0 Å². The number of hydrogen-bond donors (Lipinski definition) is 0. The van der Waals surface area contributed by atoms with Crippen molar-refractivity contribution in [3.63, 3.8) is 0 Å². The van der Waals surface area contributed by atoms with Crippen molar-refractivity contribution in [3.8, 4) is 5.75 Å². The van der Waals surface area contributed by atoms with Gasteiger partial charge in [-0.05, 0) is 36.8 Å². The minimum atomic E-state index is 0.296. The molecule has 2 aliphatic rings. The zero-order chi connectivity index (χ0) is 11.1. The molecule has 0 heterocycles. The minimum Gasteiger partial charge on any atom is -0.496 e. The second-order valence-corrected chi connectivity index (χ2v) is 4.85. The molecule has 0 bridgehead atoms. The molecular formula is C14H16O2. The van der Waals surface area contributed by atoms with E-state index < -0.39 is 0 Å². The summed E-state index contributed by atoms with van der Waals surface area (Å²) in [5.74, 6) is 2.67. The molecule has 3 rings (SSSR count). The molecule has 2 nitrogen and oxygen atoms in total. The van der Waals surface area contributed by atoms with Crippen molar-refractivity contribution in [1.29, 1.82) is 0 Å². The number of ketones is 1. The smallest absolute Gasteiger partial charge is 0.170 e. The third kappa shape index (κ3) is 1.36. The van der Waals surface area contributed by atoms with Crippen molar-refractivity contribution in [2.24, 2.45) is 17.8 Å². The van der Waals surface area contributed by atoms with Crippen LogP contribution in [0.25, 0.3) is 0 Å². The Labute approximate surface area is 95.6 Å². The summed E-state index contributed by atoms with van der Waals surface area (Å²) in [5, 5.41) is 0. The molecule has 0 aliphatic heterocycles. The van der Waals surface area contributed by atoms with E-state index in [1.54, 1.807) is 7.11 Å². The Bertz CT molecular complexity index is 414. The van der Waals surface area contributed by atoms with E-state index in [2.05, 4.69) is 0 Å². The Balaban J connectivity index is 1.84. The summed E-state index contributed by atoms with van der Waals surface area (Å²) in [7, 11) is 1.62. The van der Waals surface area contributed by atoms with Gasteiger partial charge < -0.3 is 4.74 Å². The van der Waals surface area contributed by atoms with Crippen LogP contribution in [0.2, 0.25) is 0 Å². The van der Waals surface area contributed by atoms with Crippen LogP contribution in [0.3, 0.4) is 0 Å². The Hall–Kier alpha value is -1.31. The maximum absolute atomic E-state index is 12.3. The normalized spacial score (nSPS) is 30.9. The molecule has 2 saturated carbocycles. The molecular weight excluding hydrogens is 200 g/mol. The van der Waals surface area contributed by atoms with E-state index in [0.29, 0.717) is 23.5 Å². The fraction of sp³-hybridized carbons (Fsp3) is 0.500. The number of fused-ring (bicyclic) bond motifs is 1. The van der Waals surface area contributed by atoms with E-state index in [4.69, 9.17) is 4.74 Å². The van der Waals surface area contributed by atoms with Crippen molar-refractivity contribution >= 4 is 5.78 Å². The largest absolute Gasteiger partial charge is 0.496 e. The van der Waals surface area contributed by atoms with Crippen LogP contribution >= 0.6 is 0 Å². The number of hydrogen-bond acceptors (Lipinski definition) is 2. The third-order valence-corrected chi connectivity index (χ3v) is 4.08. The molecule has 0 radical (unpaired) electrons. The molecule has 2 unspecified atom stereocenters. The van der Waals surface area contributed by atoms with E-state index in [0.717, 1.165) is 11.3 Å². The van der Waals surface area contributed by atoms with Crippen LogP contribution in [0.1, 0.15) is 29.6 Å². The fourth-order valence-electron chi connectivity index (χ4n) is 3.24. The van der Waals surface area contributed by atoms with Gasteiger partial charge >= 0.3 is 0 Å². The van der Waals surface area contributed by atoms with Crippen LogP contribution in [0.4, 0.5) is 0 Å². The van der Waals surface area contributed by atoms with Crippen LogP contribution in [-0.2, 0) is 0 Å². The summed E-state index contributed by atoms with van der Waals surface area (Å²) in [5.41, 5.74) is 0.768. The summed E-state index contributed by atoms with van der Waals surface area (Å²) < 4.78 is 5.25. The van der Waals surface area contributed by atoms with Gasteiger partial charge in [-0.1, -0.05) is 18.6 Å². The molecule has 0 spiro atoms. The molecule has 0 N–H and O–H groups in total. The monoisotopic (exact) mass is 216 g/mol. The zero-order valence-corrected chi connectivity index (χ0v) is 9.48. The zero-order valence-electron chi connectivity index (χ0n) is 9.48. The van der Waals surface area contributed by atoms with Gasteiger partial charge in [0, 0.05) is 5.92 Å². The second kappa shape index (κ2) is 3.62. The van der Waals surface area contributed by atoms with Gasteiger partial charge in [-0.3, -0.25) is 4.79 Å². The number of methoxy groups -OCH3 is 1. The second-order valence-electron chi connectivity index (χ2n) is 4.85. The highest BCUT2D eigenvalue weighted by molar-refractivity contribution is 6.02. The molecule has 0 saturated heterocycles. The van der Waals surface area contributed by atoms with Crippen molar-refractivity contribution < 1.29 is 9.53 Å². The number of para-hydroxylation sites is 1. The lowest BCUT2D eigenvalue weighted by molar-refractivity contribution is 0.0948. The average molecular weight is 216 g/mol. The first kappa shape index (κ1) is 9.88. The summed E-state index contributed by atoms with van der Waals surface area (Å²) >= 11 is 0. The summed E-state index contributed by atoms with van der Waals surface area (Å²) in [6.45, 7) is 0. The molecule has 2 aliphatic carbocycles. The van der Waals surface area contributed by atoms with Crippen molar-refractivity contribution in [1.82, 2.24) is 0 Å². The van der Waals surface area contributed by atoms with Crippen molar-refractivity contribution in [2.75, 3.05) is 7.11 Å². The van der Waals surface area contributed by atoms with Crippen molar-refractivity contribution in [2.45, 2.75) is 19.3 Å². The van der Waals surface area contributed by atoms with Crippen LogP contribution in [0.15, 0.2) is 24.3 Å². The first-order valence-corrected chi connectivity index (χ1v) is 6.00. The molecule has 2 atom stereocenters. The Morgan fingerprint density at radius 2 is 1.94 bits per heavy atom. The van der Waals surface area contributed by atoms with E-state index >= 15 is 0 Å². The van der Waals surface area contributed by atoms with Gasteiger partial charge in [0.05, 0.1) is 12.7 Å². The molecule has 2 heteroatoms. The summed E-state index contributed by atoms with van der Waals surface area (Å²) in [6.07, 6.45) is 3.80. The molecule has 0 aromatic heterocycles. The van der Waals surface area contributed by atoms with Gasteiger partial charge in [0.25, 0.3) is 0 Å². The Morgan fingerprint density at radius 1 is 1.25 bits per heavy atom. The van der Waals surface area contributed by atoms with Gasteiger partial charge in [0.2, 0.25) is 0 Å².